The van der Waals surface area contributed by atoms with Gasteiger partial charge in [0.25, 0.3) is 0 Å². The van der Waals surface area contributed by atoms with Gasteiger partial charge < -0.3 is 10.6 Å². The van der Waals surface area contributed by atoms with Crippen molar-refractivity contribution >= 4 is 23.2 Å². The van der Waals surface area contributed by atoms with Gasteiger partial charge in [0, 0.05) is 5.02 Å². The number of amides is 1. The molecule has 0 atom stereocenters. The highest BCUT2D eigenvalue weighted by Crippen LogP contribution is 2.21. The van der Waals surface area contributed by atoms with Gasteiger partial charge in [-0.1, -0.05) is 11.6 Å². The molecular formula is C12H14ClN3O. The fourth-order valence-corrected chi connectivity index (χ4v) is 1.28. The quantitative estimate of drug-likeness (QED) is 0.865. The zero-order valence-electron chi connectivity index (χ0n) is 9.97. The average Bonchev–Trinajstić information content (AvgIpc) is 2.29. The van der Waals surface area contributed by atoms with Crippen molar-refractivity contribution in [1.82, 2.24) is 5.32 Å². The fourth-order valence-electron chi connectivity index (χ4n) is 1.11. The third-order valence-corrected chi connectivity index (χ3v) is 2.78. The van der Waals surface area contributed by atoms with E-state index >= 15 is 0 Å². The molecule has 0 aliphatic heterocycles. The Morgan fingerprint density at radius 1 is 1.47 bits per heavy atom. The van der Waals surface area contributed by atoms with Gasteiger partial charge in [-0.05, 0) is 39.1 Å². The largest absolute Gasteiger partial charge is 0.323 e. The van der Waals surface area contributed by atoms with Gasteiger partial charge in [-0.25, -0.2) is 0 Å². The van der Waals surface area contributed by atoms with E-state index in [1.54, 1.807) is 39.1 Å². The standard InChI is InChI=1S/C12H14ClN3O/c1-12(2,15-3)11(17)16-10-6-9(13)5-4-8(10)7-14/h4-6,15H,1-3H3,(H,16,17). The number of hydrogen-bond acceptors (Lipinski definition) is 3. The summed E-state index contributed by atoms with van der Waals surface area (Å²) in [5, 5.41) is 15.0. The number of carbonyl (C=O) groups is 1. The van der Waals surface area contributed by atoms with Crippen LogP contribution in [0.25, 0.3) is 0 Å². The van der Waals surface area contributed by atoms with E-state index in [1.807, 2.05) is 6.07 Å². The van der Waals surface area contributed by atoms with Crippen LogP contribution in [0.1, 0.15) is 19.4 Å². The summed E-state index contributed by atoms with van der Waals surface area (Å²) in [5.74, 6) is -0.223. The zero-order chi connectivity index (χ0) is 13.1. The normalized spacial score (nSPS) is 10.8. The summed E-state index contributed by atoms with van der Waals surface area (Å²) in [6.45, 7) is 3.50. The summed E-state index contributed by atoms with van der Waals surface area (Å²) >= 11 is 5.83. The van der Waals surface area contributed by atoms with Gasteiger partial charge in [-0.15, -0.1) is 0 Å². The van der Waals surface area contributed by atoms with E-state index in [1.165, 1.54) is 0 Å². The molecule has 0 saturated carbocycles. The minimum Gasteiger partial charge on any atom is -0.323 e. The first kappa shape index (κ1) is 13.5. The molecule has 0 radical (unpaired) electrons. The predicted molar refractivity (Wildman–Crippen MR) is 67.9 cm³/mol. The molecule has 0 saturated heterocycles. The second kappa shape index (κ2) is 5.17. The lowest BCUT2D eigenvalue weighted by Crippen LogP contribution is -2.48. The minimum absolute atomic E-state index is 0.223. The van der Waals surface area contributed by atoms with Crippen molar-refractivity contribution in [3.8, 4) is 6.07 Å². The first-order valence-electron chi connectivity index (χ1n) is 5.10. The highest BCUT2D eigenvalue weighted by Gasteiger charge is 2.25. The molecule has 0 spiro atoms. The SMILES string of the molecule is CNC(C)(C)C(=O)Nc1cc(Cl)ccc1C#N. The van der Waals surface area contributed by atoms with E-state index in [0.29, 0.717) is 16.3 Å². The number of benzene rings is 1. The van der Waals surface area contributed by atoms with Crippen molar-refractivity contribution in [2.45, 2.75) is 19.4 Å². The Hall–Kier alpha value is -1.57. The van der Waals surface area contributed by atoms with E-state index in [9.17, 15) is 4.79 Å². The van der Waals surface area contributed by atoms with E-state index < -0.39 is 5.54 Å². The van der Waals surface area contributed by atoms with Crippen molar-refractivity contribution in [2.24, 2.45) is 0 Å². The van der Waals surface area contributed by atoms with Gasteiger partial charge in [0.05, 0.1) is 16.8 Å². The van der Waals surface area contributed by atoms with Crippen LogP contribution < -0.4 is 10.6 Å². The molecule has 1 aromatic carbocycles. The highest BCUT2D eigenvalue weighted by molar-refractivity contribution is 6.31. The first-order valence-corrected chi connectivity index (χ1v) is 5.48. The predicted octanol–water partition coefficient (Wildman–Crippen LogP) is 2.15. The monoisotopic (exact) mass is 251 g/mol. The molecule has 0 aromatic heterocycles. The summed E-state index contributed by atoms with van der Waals surface area (Å²) in [5.41, 5.74) is 0.0951. The Morgan fingerprint density at radius 2 is 2.12 bits per heavy atom. The number of halogens is 1. The topological polar surface area (TPSA) is 64.9 Å². The van der Waals surface area contributed by atoms with Crippen molar-refractivity contribution in [3.63, 3.8) is 0 Å². The number of nitriles is 1. The maximum absolute atomic E-state index is 11.9. The van der Waals surface area contributed by atoms with Crippen LogP contribution in [0.2, 0.25) is 5.02 Å². The van der Waals surface area contributed by atoms with Crippen LogP contribution in [0, 0.1) is 11.3 Å². The molecule has 0 bridgehead atoms. The van der Waals surface area contributed by atoms with Crippen molar-refractivity contribution in [3.05, 3.63) is 28.8 Å². The highest BCUT2D eigenvalue weighted by atomic mass is 35.5. The fraction of sp³-hybridized carbons (Fsp3) is 0.333. The van der Waals surface area contributed by atoms with Crippen LogP contribution in [0.5, 0.6) is 0 Å². The zero-order valence-corrected chi connectivity index (χ0v) is 10.7. The Balaban J connectivity index is 3.00. The van der Waals surface area contributed by atoms with Gasteiger partial charge in [0.2, 0.25) is 5.91 Å². The molecule has 0 unspecified atom stereocenters. The molecule has 2 N–H and O–H groups in total. The molecule has 0 aliphatic rings. The second-order valence-corrected chi connectivity index (χ2v) is 4.57. The third-order valence-electron chi connectivity index (χ3n) is 2.54. The van der Waals surface area contributed by atoms with E-state index in [2.05, 4.69) is 10.6 Å². The Labute approximate surface area is 106 Å². The lowest BCUT2D eigenvalue weighted by molar-refractivity contribution is -0.121. The number of nitrogens with zero attached hydrogens (tertiary/aromatic N) is 1. The van der Waals surface area contributed by atoms with Crippen LogP contribution in [0.15, 0.2) is 18.2 Å². The summed E-state index contributed by atoms with van der Waals surface area (Å²) < 4.78 is 0. The molecule has 0 aliphatic carbocycles. The van der Waals surface area contributed by atoms with E-state index in [-0.39, 0.29) is 5.91 Å². The summed E-state index contributed by atoms with van der Waals surface area (Å²) in [6.07, 6.45) is 0. The van der Waals surface area contributed by atoms with Crippen molar-refractivity contribution in [2.75, 3.05) is 12.4 Å². The lowest BCUT2D eigenvalue weighted by Gasteiger charge is -2.23. The molecule has 1 aromatic rings. The summed E-state index contributed by atoms with van der Waals surface area (Å²) in [7, 11) is 1.70. The molecule has 1 rings (SSSR count). The molecular weight excluding hydrogens is 238 g/mol. The van der Waals surface area contributed by atoms with E-state index in [4.69, 9.17) is 16.9 Å². The Bertz CT molecular complexity index is 477. The maximum atomic E-state index is 11.9. The molecule has 0 fully saturated rings. The minimum atomic E-state index is -0.713. The third kappa shape index (κ3) is 3.19. The van der Waals surface area contributed by atoms with E-state index in [0.717, 1.165) is 0 Å². The Kier molecular flexibility index (Phi) is 4.11. The van der Waals surface area contributed by atoms with Crippen molar-refractivity contribution < 1.29 is 4.79 Å². The molecule has 90 valence electrons. The number of carbonyl (C=O) groups excluding carboxylic acids is 1. The average molecular weight is 252 g/mol. The van der Waals surface area contributed by atoms with Crippen LogP contribution in [-0.2, 0) is 4.79 Å². The Morgan fingerprint density at radius 3 is 2.65 bits per heavy atom. The van der Waals surface area contributed by atoms with Gasteiger partial charge in [0.15, 0.2) is 0 Å². The van der Waals surface area contributed by atoms with Crippen molar-refractivity contribution in [1.29, 1.82) is 5.26 Å². The molecule has 0 heterocycles. The van der Waals surface area contributed by atoms with Gasteiger partial charge >= 0.3 is 0 Å². The smallest absolute Gasteiger partial charge is 0.244 e. The van der Waals surface area contributed by atoms with Gasteiger partial charge in [-0.3, -0.25) is 4.79 Å². The first-order chi connectivity index (χ1) is 7.90. The van der Waals surface area contributed by atoms with Gasteiger partial charge in [-0.2, -0.15) is 5.26 Å². The summed E-state index contributed by atoms with van der Waals surface area (Å²) in [4.78, 5) is 11.9. The number of anilines is 1. The van der Waals surface area contributed by atoms with Crippen LogP contribution >= 0.6 is 11.6 Å². The number of likely N-dealkylation sites (N-methyl/N-ethyl adjacent to an activating group) is 1. The lowest BCUT2D eigenvalue weighted by atomic mass is 10.0. The molecule has 4 nitrogen and oxygen atoms in total. The van der Waals surface area contributed by atoms with Crippen LogP contribution in [0.3, 0.4) is 0 Å². The van der Waals surface area contributed by atoms with Gasteiger partial charge in [0.1, 0.15) is 6.07 Å². The molecule has 5 heteroatoms. The maximum Gasteiger partial charge on any atom is 0.244 e. The second-order valence-electron chi connectivity index (χ2n) is 4.13. The number of rotatable bonds is 3. The molecule has 17 heavy (non-hydrogen) atoms. The van der Waals surface area contributed by atoms with Crippen LogP contribution in [0.4, 0.5) is 5.69 Å². The summed E-state index contributed by atoms with van der Waals surface area (Å²) in [6, 6.07) is 6.75. The van der Waals surface area contributed by atoms with Crippen LogP contribution in [-0.4, -0.2) is 18.5 Å². The molecule has 1 amide bonds. The number of hydrogen-bond donors (Lipinski definition) is 2. The number of nitrogens with one attached hydrogen (secondary N) is 2.